The first-order chi connectivity index (χ1) is 18.7. The average Bonchev–Trinajstić information content (AvgIpc) is 3.38. The van der Waals surface area contributed by atoms with Crippen LogP contribution in [0.5, 0.6) is 0 Å². The molecular weight excluding hydrogens is 532 g/mol. The maximum Gasteiger partial charge on any atom is 0.160 e. The van der Waals surface area contributed by atoms with Gasteiger partial charge in [-0.1, -0.05) is 109 Å². The van der Waals surface area contributed by atoms with Gasteiger partial charge < -0.3 is 4.42 Å². The van der Waals surface area contributed by atoms with Crippen LogP contribution >= 0.6 is 15.9 Å². The zero-order valence-electron chi connectivity index (χ0n) is 20.3. The molecule has 0 aliphatic heterocycles. The highest BCUT2D eigenvalue weighted by molar-refractivity contribution is 9.10. The van der Waals surface area contributed by atoms with Crippen LogP contribution in [0.15, 0.2) is 136 Å². The molecule has 0 saturated carbocycles. The Kier molecular flexibility index (Phi) is 5.60. The lowest BCUT2D eigenvalue weighted by Gasteiger charge is -2.10. The minimum atomic E-state index is 0.680. The molecule has 38 heavy (non-hydrogen) atoms. The zero-order chi connectivity index (χ0) is 25.5. The van der Waals surface area contributed by atoms with E-state index < -0.39 is 0 Å². The topological polar surface area (TPSA) is 38.9 Å². The van der Waals surface area contributed by atoms with Gasteiger partial charge in [0.05, 0.1) is 15.9 Å². The summed E-state index contributed by atoms with van der Waals surface area (Å²) in [6.45, 7) is 0. The molecule has 180 valence electrons. The summed E-state index contributed by atoms with van der Waals surface area (Å²) in [5.41, 5.74) is 8.64. The molecule has 0 saturated heterocycles. The lowest BCUT2D eigenvalue weighted by molar-refractivity contribution is 0.667. The third kappa shape index (κ3) is 4.00. The largest absolute Gasteiger partial charge is 0.454 e. The van der Waals surface area contributed by atoms with Gasteiger partial charge in [0.15, 0.2) is 5.82 Å². The molecule has 0 amide bonds. The Bertz CT molecular complexity index is 1910. The predicted molar refractivity (Wildman–Crippen MR) is 159 cm³/mol. The van der Waals surface area contributed by atoms with Gasteiger partial charge in [0.1, 0.15) is 11.2 Å². The van der Waals surface area contributed by atoms with E-state index in [2.05, 4.69) is 94.8 Å². The summed E-state index contributed by atoms with van der Waals surface area (Å²) < 4.78 is 7.35. The van der Waals surface area contributed by atoms with Crippen LogP contribution in [0.3, 0.4) is 0 Å². The number of furan rings is 1. The molecule has 0 aliphatic rings. The average molecular weight is 553 g/mol. The van der Waals surface area contributed by atoms with E-state index in [0.717, 1.165) is 54.5 Å². The zero-order valence-corrected chi connectivity index (χ0v) is 21.9. The SMILES string of the molecule is Brc1cccc2c1oc1c(-c3cc(-c4ccc(-c5ccccc5)cc4)nc(-c4ccccc4)n3)cccc12. The first-order valence-electron chi connectivity index (χ1n) is 12.4. The molecule has 0 spiro atoms. The van der Waals surface area contributed by atoms with Crippen molar-refractivity contribution in [1.82, 2.24) is 9.97 Å². The Labute approximate surface area is 228 Å². The molecule has 2 heterocycles. The Balaban J connectivity index is 1.42. The van der Waals surface area contributed by atoms with E-state index in [-0.39, 0.29) is 0 Å². The van der Waals surface area contributed by atoms with Gasteiger partial charge in [-0.2, -0.15) is 0 Å². The van der Waals surface area contributed by atoms with Crippen molar-refractivity contribution in [1.29, 1.82) is 0 Å². The number of hydrogen-bond donors (Lipinski definition) is 0. The summed E-state index contributed by atoms with van der Waals surface area (Å²) in [4.78, 5) is 10.0. The van der Waals surface area contributed by atoms with Crippen LogP contribution in [0, 0.1) is 0 Å². The number of halogens is 1. The van der Waals surface area contributed by atoms with Crippen molar-refractivity contribution < 1.29 is 4.42 Å². The summed E-state index contributed by atoms with van der Waals surface area (Å²) in [6.07, 6.45) is 0. The summed E-state index contributed by atoms with van der Waals surface area (Å²) in [5, 5.41) is 2.14. The Morgan fingerprint density at radius 1 is 0.474 bits per heavy atom. The van der Waals surface area contributed by atoms with E-state index in [1.807, 2.05) is 48.5 Å². The molecule has 0 aliphatic carbocycles. The number of hydrogen-bond acceptors (Lipinski definition) is 3. The fraction of sp³-hybridized carbons (Fsp3) is 0. The van der Waals surface area contributed by atoms with Gasteiger partial charge in [0.25, 0.3) is 0 Å². The van der Waals surface area contributed by atoms with E-state index in [4.69, 9.17) is 14.4 Å². The molecule has 0 N–H and O–H groups in total. The number of para-hydroxylation sites is 2. The van der Waals surface area contributed by atoms with Crippen molar-refractivity contribution >= 4 is 37.9 Å². The molecule has 2 aromatic heterocycles. The van der Waals surface area contributed by atoms with Crippen LogP contribution in [0.25, 0.3) is 67.0 Å². The van der Waals surface area contributed by atoms with Gasteiger partial charge in [-0.25, -0.2) is 9.97 Å². The lowest BCUT2D eigenvalue weighted by Crippen LogP contribution is -1.96. The summed E-state index contributed by atoms with van der Waals surface area (Å²) in [5.74, 6) is 0.680. The highest BCUT2D eigenvalue weighted by Crippen LogP contribution is 2.39. The van der Waals surface area contributed by atoms with Crippen LogP contribution in [0.2, 0.25) is 0 Å². The monoisotopic (exact) mass is 552 g/mol. The molecule has 0 unspecified atom stereocenters. The minimum Gasteiger partial charge on any atom is -0.454 e. The summed E-state index contributed by atoms with van der Waals surface area (Å²) in [7, 11) is 0. The van der Waals surface area contributed by atoms with Crippen LogP contribution in [0.4, 0.5) is 0 Å². The quantitative estimate of drug-likeness (QED) is 0.218. The predicted octanol–water partition coefficient (Wildman–Crippen LogP) is 9.81. The Hall–Kier alpha value is -4.54. The van der Waals surface area contributed by atoms with Gasteiger partial charge in [-0.15, -0.1) is 0 Å². The van der Waals surface area contributed by atoms with E-state index in [9.17, 15) is 0 Å². The van der Waals surface area contributed by atoms with Crippen LogP contribution in [-0.4, -0.2) is 9.97 Å². The lowest BCUT2D eigenvalue weighted by atomic mass is 10.0. The molecule has 5 aromatic carbocycles. The fourth-order valence-electron chi connectivity index (χ4n) is 4.90. The molecular formula is C34H21BrN2O. The summed E-state index contributed by atoms with van der Waals surface area (Å²) in [6, 6.07) is 43.5. The van der Waals surface area contributed by atoms with Gasteiger partial charge >= 0.3 is 0 Å². The molecule has 3 nitrogen and oxygen atoms in total. The van der Waals surface area contributed by atoms with E-state index >= 15 is 0 Å². The number of nitrogens with zero attached hydrogens (tertiary/aromatic N) is 2. The van der Waals surface area contributed by atoms with Crippen molar-refractivity contribution in [3.63, 3.8) is 0 Å². The second-order valence-electron chi connectivity index (χ2n) is 9.17. The van der Waals surface area contributed by atoms with E-state index in [0.29, 0.717) is 5.82 Å². The van der Waals surface area contributed by atoms with Crippen molar-refractivity contribution in [2.45, 2.75) is 0 Å². The van der Waals surface area contributed by atoms with Crippen LogP contribution in [-0.2, 0) is 0 Å². The van der Waals surface area contributed by atoms with Gasteiger partial charge in [-0.3, -0.25) is 0 Å². The van der Waals surface area contributed by atoms with E-state index in [1.165, 1.54) is 11.1 Å². The van der Waals surface area contributed by atoms with E-state index in [1.54, 1.807) is 0 Å². The van der Waals surface area contributed by atoms with Crippen molar-refractivity contribution in [3.05, 3.63) is 132 Å². The van der Waals surface area contributed by atoms with Gasteiger partial charge in [0.2, 0.25) is 0 Å². The van der Waals surface area contributed by atoms with Crippen molar-refractivity contribution in [2.24, 2.45) is 0 Å². The minimum absolute atomic E-state index is 0.680. The number of rotatable bonds is 4. The van der Waals surface area contributed by atoms with Crippen LogP contribution < -0.4 is 0 Å². The fourth-order valence-corrected chi connectivity index (χ4v) is 5.35. The first-order valence-corrected chi connectivity index (χ1v) is 13.2. The molecule has 0 bridgehead atoms. The number of fused-ring (bicyclic) bond motifs is 3. The second-order valence-corrected chi connectivity index (χ2v) is 10.0. The molecule has 0 radical (unpaired) electrons. The number of aromatic nitrogens is 2. The van der Waals surface area contributed by atoms with Crippen molar-refractivity contribution in [3.8, 4) is 45.0 Å². The van der Waals surface area contributed by atoms with Crippen molar-refractivity contribution in [2.75, 3.05) is 0 Å². The number of benzene rings is 5. The van der Waals surface area contributed by atoms with Gasteiger partial charge in [0, 0.05) is 27.5 Å². The Morgan fingerprint density at radius 2 is 1.05 bits per heavy atom. The molecule has 7 rings (SSSR count). The molecule has 0 fully saturated rings. The first kappa shape index (κ1) is 22.6. The van der Waals surface area contributed by atoms with Gasteiger partial charge in [-0.05, 0) is 45.3 Å². The third-order valence-corrected chi connectivity index (χ3v) is 7.42. The Morgan fingerprint density at radius 3 is 1.79 bits per heavy atom. The smallest absolute Gasteiger partial charge is 0.160 e. The summed E-state index contributed by atoms with van der Waals surface area (Å²) >= 11 is 3.64. The molecule has 0 atom stereocenters. The second kappa shape index (κ2) is 9.40. The standard InChI is InChI=1S/C34H21BrN2O/c35-29-16-8-14-27-26-13-7-15-28(32(26)38-33(27)29)31-21-30(36-34(37-31)25-11-5-2-6-12-25)24-19-17-23(18-20-24)22-9-3-1-4-10-22/h1-21H. The highest BCUT2D eigenvalue weighted by atomic mass is 79.9. The maximum atomic E-state index is 6.42. The van der Waals surface area contributed by atoms with Crippen LogP contribution in [0.1, 0.15) is 0 Å². The highest BCUT2D eigenvalue weighted by Gasteiger charge is 2.17. The molecule has 7 aromatic rings. The normalized spacial score (nSPS) is 11.3. The third-order valence-electron chi connectivity index (χ3n) is 6.80. The molecule has 4 heteroatoms. The maximum absolute atomic E-state index is 6.42.